The Kier molecular flexibility index (Phi) is 4.03. The van der Waals surface area contributed by atoms with E-state index < -0.39 is 0 Å². The molecule has 0 bridgehead atoms. The number of hydrogen-bond donors (Lipinski definition) is 1. The Balaban J connectivity index is 1.75. The average molecular weight is 291 g/mol. The lowest BCUT2D eigenvalue weighted by Gasteiger charge is -2.18. The molecule has 5 heteroatoms. The monoisotopic (exact) mass is 290 g/mol. The molecule has 1 aromatic carbocycles. The van der Waals surface area contributed by atoms with Crippen LogP contribution in [0.2, 0.25) is 5.02 Å². The van der Waals surface area contributed by atoms with Gasteiger partial charge in [-0.2, -0.15) is 5.10 Å². The van der Waals surface area contributed by atoms with Gasteiger partial charge in [-0.25, -0.2) is 4.98 Å². The van der Waals surface area contributed by atoms with E-state index in [1.807, 2.05) is 23.9 Å². The molecule has 1 aromatic heterocycles. The van der Waals surface area contributed by atoms with E-state index in [9.17, 15) is 0 Å². The molecule has 4 nitrogen and oxygen atoms in total. The normalized spacial score (nSPS) is 16.3. The van der Waals surface area contributed by atoms with Gasteiger partial charge in [-0.1, -0.05) is 23.7 Å². The highest BCUT2D eigenvalue weighted by molar-refractivity contribution is 6.30. The van der Waals surface area contributed by atoms with E-state index >= 15 is 0 Å². The molecule has 0 radical (unpaired) electrons. The molecule has 20 heavy (non-hydrogen) atoms. The number of aromatic nitrogens is 3. The average Bonchev–Trinajstić information content (AvgIpc) is 3.19. The van der Waals surface area contributed by atoms with Crippen molar-refractivity contribution in [1.29, 1.82) is 0 Å². The summed E-state index contributed by atoms with van der Waals surface area (Å²) in [5.41, 5.74) is 1.30. The van der Waals surface area contributed by atoms with Crippen LogP contribution >= 0.6 is 11.6 Å². The zero-order chi connectivity index (χ0) is 13.9. The molecule has 1 aliphatic carbocycles. The standard InChI is InChI=1S/C15H19ClN4/c1-20-15(18-10-19-20)8-12(9-17-14-6-7-14)11-2-4-13(16)5-3-11/h2-5,10,12,14,17H,6-9H2,1H3. The molecular weight excluding hydrogens is 272 g/mol. The molecule has 1 heterocycles. The topological polar surface area (TPSA) is 42.7 Å². The lowest BCUT2D eigenvalue weighted by atomic mass is 9.95. The lowest BCUT2D eigenvalue weighted by molar-refractivity contribution is 0.551. The van der Waals surface area contributed by atoms with Gasteiger partial charge in [0.25, 0.3) is 0 Å². The van der Waals surface area contributed by atoms with Gasteiger partial charge in [0.2, 0.25) is 0 Å². The Morgan fingerprint density at radius 1 is 1.35 bits per heavy atom. The summed E-state index contributed by atoms with van der Waals surface area (Å²) in [6, 6.07) is 8.84. The minimum atomic E-state index is 0.399. The molecule has 1 unspecified atom stereocenters. The summed E-state index contributed by atoms with van der Waals surface area (Å²) < 4.78 is 1.85. The van der Waals surface area contributed by atoms with E-state index in [1.54, 1.807) is 6.33 Å². The summed E-state index contributed by atoms with van der Waals surface area (Å²) in [5, 5.41) is 8.54. The molecule has 1 atom stereocenters. The van der Waals surface area contributed by atoms with Gasteiger partial charge in [-0.05, 0) is 30.5 Å². The van der Waals surface area contributed by atoms with Crippen LogP contribution < -0.4 is 5.32 Å². The number of aryl methyl sites for hydroxylation is 1. The number of hydrogen-bond acceptors (Lipinski definition) is 3. The number of halogens is 1. The Morgan fingerprint density at radius 2 is 2.10 bits per heavy atom. The molecule has 1 N–H and O–H groups in total. The van der Waals surface area contributed by atoms with Crippen LogP contribution in [0, 0.1) is 0 Å². The van der Waals surface area contributed by atoms with Gasteiger partial charge < -0.3 is 5.32 Å². The summed E-state index contributed by atoms with van der Waals surface area (Å²) in [4.78, 5) is 4.34. The van der Waals surface area contributed by atoms with Crippen LogP contribution in [-0.4, -0.2) is 27.4 Å². The van der Waals surface area contributed by atoms with Crippen LogP contribution in [0.4, 0.5) is 0 Å². The number of nitrogens with zero attached hydrogens (tertiary/aromatic N) is 3. The fourth-order valence-electron chi connectivity index (χ4n) is 2.36. The summed E-state index contributed by atoms with van der Waals surface area (Å²) in [5.74, 6) is 1.42. The molecule has 106 valence electrons. The first-order valence-electron chi connectivity index (χ1n) is 7.04. The third kappa shape index (κ3) is 3.38. The van der Waals surface area contributed by atoms with E-state index in [0.717, 1.165) is 23.8 Å². The second-order valence-electron chi connectivity index (χ2n) is 5.43. The van der Waals surface area contributed by atoms with Crippen LogP contribution in [-0.2, 0) is 13.5 Å². The quantitative estimate of drug-likeness (QED) is 0.889. The van der Waals surface area contributed by atoms with Crippen molar-refractivity contribution >= 4 is 11.6 Å². The van der Waals surface area contributed by atoms with Gasteiger partial charge in [-0.15, -0.1) is 0 Å². The highest BCUT2D eigenvalue weighted by Gasteiger charge is 2.23. The molecule has 3 rings (SSSR count). The summed E-state index contributed by atoms with van der Waals surface area (Å²) in [7, 11) is 1.94. The van der Waals surface area contributed by atoms with Crippen molar-refractivity contribution in [3.8, 4) is 0 Å². The SMILES string of the molecule is Cn1ncnc1CC(CNC1CC1)c1ccc(Cl)cc1. The minimum Gasteiger partial charge on any atom is -0.313 e. The minimum absolute atomic E-state index is 0.399. The fourth-order valence-corrected chi connectivity index (χ4v) is 2.49. The van der Waals surface area contributed by atoms with Gasteiger partial charge in [0.15, 0.2) is 0 Å². The summed E-state index contributed by atoms with van der Waals surface area (Å²) in [6.07, 6.45) is 5.11. The molecule has 0 saturated heterocycles. The van der Waals surface area contributed by atoms with Crippen LogP contribution in [0.5, 0.6) is 0 Å². The second kappa shape index (κ2) is 5.94. The lowest BCUT2D eigenvalue weighted by Crippen LogP contribution is -2.25. The predicted molar refractivity (Wildman–Crippen MR) is 79.9 cm³/mol. The zero-order valence-electron chi connectivity index (χ0n) is 11.6. The smallest absolute Gasteiger partial charge is 0.138 e. The van der Waals surface area contributed by atoms with Crippen molar-refractivity contribution in [3.63, 3.8) is 0 Å². The maximum atomic E-state index is 5.98. The van der Waals surface area contributed by atoms with Crippen molar-refractivity contribution in [2.24, 2.45) is 7.05 Å². The van der Waals surface area contributed by atoms with Crippen molar-refractivity contribution in [1.82, 2.24) is 20.1 Å². The molecule has 1 saturated carbocycles. The van der Waals surface area contributed by atoms with Crippen molar-refractivity contribution in [3.05, 3.63) is 47.0 Å². The largest absolute Gasteiger partial charge is 0.313 e. The van der Waals surface area contributed by atoms with Crippen molar-refractivity contribution in [2.45, 2.75) is 31.2 Å². The number of nitrogens with one attached hydrogen (secondary N) is 1. The van der Waals surface area contributed by atoms with Crippen LogP contribution in [0.3, 0.4) is 0 Å². The number of rotatable bonds is 6. The Hall–Kier alpha value is -1.39. The van der Waals surface area contributed by atoms with Crippen LogP contribution in [0.1, 0.15) is 30.1 Å². The molecule has 1 aliphatic rings. The van der Waals surface area contributed by atoms with Gasteiger partial charge in [-0.3, -0.25) is 4.68 Å². The third-order valence-corrected chi connectivity index (χ3v) is 4.06. The van der Waals surface area contributed by atoms with Gasteiger partial charge >= 0.3 is 0 Å². The molecule has 0 amide bonds. The summed E-state index contributed by atoms with van der Waals surface area (Å²) in [6.45, 7) is 0.971. The maximum Gasteiger partial charge on any atom is 0.138 e. The molecule has 0 spiro atoms. The van der Waals surface area contributed by atoms with E-state index in [0.29, 0.717) is 12.0 Å². The van der Waals surface area contributed by atoms with E-state index in [2.05, 4.69) is 27.5 Å². The van der Waals surface area contributed by atoms with Crippen molar-refractivity contribution in [2.75, 3.05) is 6.54 Å². The van der Waals surface area contributed by atoms with Gasteiger partial charge in [0, 0.05) is 37.0 Å². The van der Waals surface area contributed by atoms with Crippen LogP contribution in [0.25, 0.3) is 0 Å². The highest BCUT2D eigenvalue weighted by Crippen LogP contribution is 2.24. The fraction of sp³-hybridized carbons (Fsp3) is 0.467. The van der Waals surface area contributed by atoms with Gasteiger partial charge in [0.1, 0.15) is 12.2 Å². The predicted octanol–water partition coefficient (Wildman–Crippen LogP) is 2.55. The van der Waals surface area contributed by atoms with E-state index in [4.69, 9.17) is 11.6 Å². The van der Waals surface area contributed by atoms with Crippen LogP contribution in [0.15, 0.2) is 30.6 Å². The van der Waals surface area contributed by atoms with Gasteiger partial charge in [0.05, 0.1) is 0 Å². The van der Waals surface area contributed by atoms with Crippen molar-refractivity contribution < 1.29 is 0 Å². The Morgan fingerprint density at radius 3 is 2.70 bits per heavy atom. The second-order valence-corrected chi connectivity index (χ2v) is 5.87. The Bertz CT molecular complexity index is 560. The Labute approximate surface area is 124 Å². The summed E-state index contributed by atoms with van der Waals surface area (Å²) >= 11 is 5.98. The van der Waals surface area contributed by atoms with E-state index in [1.165, 1.54) is 18.4 Å². The maximum absolute atomic E-state index is 5.98. The molecular formula is C15H19ClN4. The molecule has 0 aliphatic heterocycles. The molecule has 2 aromatic rings. The molecule has 1 fully saturated rings. The first-order chi connectivity index (χ1) is 9.72. The number of benzene rings is 1. The third-order valence-electron chi connectivity index (χ3n) is 3.81. The first kappa shape index (κ1) is 13.6. The first-order valence-corrected chi connectivity index (χ1v) is 7.42. The zero-order valence-corrected chi connectivity index (χ0v) is 12.3. The van der Waals surface area contributed by atoms with E-state index in [-0.39, 0.29) is 0 Å². The highest BCUT2D eigenvalue weighted by atomic mass is 35.5.